The Hall–Kier alpha value is -2.71. The molecule has 0 aliphatic heterocycles. The Labute approximate surface area is 180 Å². The van der Waals surface area contributed by atoms with Gasteiger partial charge in [-0.3, -0.25) is 10.1 Å². The minimum absolute atomic E-state index is 0.255. The van der Waals surface area contributed by atoms with Crippen LogP contribution >= 0.6 is 33.9 Å². The van der Waals surface area contributed by atoms with Gasteiger partial charge in [-0.25, -0.2) is 4.98 Å². The molecule has 1 aromatic heterocycles. The molecule has 4 aromatic rings. The van der Waals surface area contributed by atoms with Gasteiger partial charge in [0.2, 0.25) is 0 Å². The van der Waals surface area contributed by atoms with Gasteiger partial charge in [0.05, 0.1) is 11.3 Å². The highest BCUT2D eigenvalue weighted by Crippen LogP contribution is 2.28. The first kappa shape index (κ1) is 18.6. The van der Waals surface area contributed by atoms with E-state index in [-0.39, 0.29) is 5.91 Å². The quantitative estimate of drug-likeness (QED) is 0.322. The smallest absolute Gasteiger partial charge is 0.261 e. The molecule has 0 atom stereocenters. The van der Waals surface area contributed by atoms with Crippen LogP contribution in [0.5, 0.6) is 11.5 Å². The average Bonchev–Trinajstić information content (AvgIpc) is 3.18. The second kappa shape index (κ2) is 8.53. The van der Waals surface area contributed by atoms with E-state index < -0.39 is 0 Å². The molecular weight excluding hydrogens is 483 g/mol. The van der Waals surface area contributed by atoms with E-state index in [1.54, 1.807) is 12.1 Å². The first-order valence-corrected chi connectivity index (χ1v) is 10.5. The lowest BCUT2D eigenvalue weighted by molar-refractivity contribution is 0.102. The average molecular weight is 498 g/mol. The van der Waals surface area contributed by atoms with Crippen LogP contribution in [0, 0.1) is 3.57 Å². The second-order valence-electron chi connectivity index (χ2n) is 5.91. The van der Waals surface area contributed by atoms with Gasteiger partial charge in [-0.15, -0.1) is 11.3 Å². The number of rotatable bonds is 5. The Kier molecular flexibility index (Phi) is 5.68. The monoisotopic (exact) mass is 498 g/mol. The fourth-order valence-electron chi connectivity index (χ4n) is 2.61. The van der Waals surface area contributed by atoms with Crippen molar-refractivity contribution < 1.29 is 9.53 Å². The van der Waals surface area contributed by atoms with Crippen LogP contribution in [0.2, 0.25) is 0 Å². The summed E-state index contributed by atoms with van der Waals surface area (Å²) in [7, 11) is 0. The molecule has 0 aliphatic rings. The van der Waals surface area contributed by atoms with Crippen LogP contribution in [0.4, 0.5) is 5.13 Å². The number of anilines is 1. The van der Waals surface area contributed by atoms with E-state index in [0.29, 0.717) is 22.2 Å². The number of thiazole rings is 1. The lowest BCUT2D eigenvalue weighted by atomic mass is 10.2. The number of nitrogens with one attached hydrogen (secondary N) is 1. The molecule has 0 fully saturated rings. The Morgan fingerprint density at radius 2 is 1.64 bits per heavy atom. The van der Waals surface area contributed by atoms with Crippen LogP contribution in [0.15, 0.2) is 84.2 Å². The summed E-state index contributed by atoms with van der Waals surface area (Å²) in [5.41, 5.74) is 2.31. The molecule has 28 heavy (non-hydrogen) atoms. The fourth-order valence-corrected chi connectivity index (χ4v) is 3.68. The van der Waals surface area contributed by atoms with E-state index in [2.05, 4.69) is 32.9 Å². The van der Waals surface area contributed by atoms with E-state index >= 15 is 0 Å². The van der Waals surface area contributed by atoms with Gasteiger partial charge in [0.15, 0.2) is 5.13 Å². The van der Waals surface area contributed by atoms with Crippen LogP contribution in [0.3, 0.4) is 0 Å². The molecule has 0 radical (unpaired) electrons. The predicted octanol–water partition coefficient (Wildman–Crippen LogP) is 6.46. The van der Waals surface area contributed by atoms with E-state index in [1.807, 2.05) is 72.1 Å². The standard InChI is InChI=1S/C22H15IN2O2S/c23-16-12-10-15(11-13-16)19-14-28-22(24-19)25-21(26)18-8-4-5-9-20(18)27-17-6-2-1-3-7-17/h1-14H,(H,24,25,26). The highest BCUT2D eigenvalue weighted by atomic mass is 127. The Bertz CT molecular complexity index is 1090. The maximum absolute atomic E-state index is 12.8. The highest BCUT2D eigenvalue weighted by Gasteiger charge is 2.15. The highest BCUT2D eigenvalue weighted by molar-refractivity contribution is 14.1. The van der Waals surface area contributed by atoms with Crippen LogP contribution in [0.25, 0.3) is 11.3 Å². The number of benzene rings is 3. The zero-order chi connectivity index (χ0) is 19.3. The number of ether oxygens (including phenoxy) is 1. The number of carbonyl (C=O) groups excluding carboxylic acids is 1. The topological polar surface area (TPSA) is 51.2 Å². The summed E-state index contributed by atoms with van der Waals surface area (Å²) < 4.78 is 7.04. The maximum atomic E-state index is 12.8. The SMILES string of the molecule is O=C(Nc1nc(-c2ccc(I)cc2)cs1)c1ccccc1Oc1ccccc1. The van der Waals surface area contributed by atoms with E-state index in [9.17, 15) is 4.79 Å². The van der Waals surface area contributed by atoms with Gasteiger partial charge in [-0.1, -0.05) is 42.5 Å². The van der Waals surface area contributed by atoms with Gasteiger partial charge < -0.3 is 4.74 Å². The zero-order valence-corrected chi connectivity index (χ0v) is 17.6. The molecule has 0 unspecified atom stereocenters. The summed E-state index contributed by atoms with van der Waals surface area (Å²) in [5, 5.41) is 5.36. The number of hydrogen-bond acceptors (Lipinski definition) is 4. The second-order valence-corrected chi connectivity index (χ2v) is 8.01. The number of aromatic nitrogens is 1. The van der Waals surface area contributed by atoms with Crippen molar-refractivity contribution in [2.45, 2.75) is 0 Å². The van der Waals surface area contributed by atoms with Gasteiger partial charge in [-0.05, 0) is 59.0 Å². The number of nitrogens with zero attached hydrogens (tertiary/aromatic N) is 1. The molecule has 0 saturated carbocycles. The number of hydrogen-bond donors (Lipinski definition) is 1. The summed E-state index contributed by atoms with van der Waals surface area (Å²) >= 11 is 3.66. The third-order valence-electron chi connectivity index (χ3n) is 3.97. The van der Waals surface area contributed by atoms with Gasteiger partial charge in [0, 0.05) is 14.5 Å². The Balaban J connectivity index is 1.52. The molecule has 6 heteroatoms. The predicted molar refractivity (Wildman–Crippen MR) is 121 cm³/mol. The van der Waals surface area contributed by atoms with Crippen molar-refractivity contribution in [3.8, 4) is 22.8 Å². The normalized spacial score (nSPS) is 10.5. The van der Waals surface area contributed by atoms with Crippen molar-refractivity contribution in [2.75, 3.05) is 5.32 Å². The molecular formula is C22H15IN2O2S. The number of amides is 1. The molecule has 3 aromatic carbocycles. The van der Waals surface area contributed by atoms with E-state index in [0.717, 1.165) is 11.3 Å². The summed E-state index contributed by atoms with van der Waals surface area (Å²) in [6, 6.07) is 24.7. The first-order chi connectivity index (χ1) is 13.7. The van der Waals surface area contributed by atoms with Gasteiger partial charge in [0.1, 0.15) is 11.5 Å². The number of halogens is 1. The van der Waals surface area contributed by atoms with Gasteiger partial charge in [0.25, 0.3) is 5.91 Å². The summed E-state index contributed by atoms with van der Waals surface area (Å²) in [6.07, 6.45) is 0. The molecule has 0 aliphatic carbocycles. The molecule has 0 spiro atoms. The lowest BCUT2D eigenvalue weighted by Gasteiger charge is -2.10. The first-order valence-electron chi connectivity index (χ1n) is 8.54. The lowest BCUT2D eigenvalue weighted by Crippen LogP contribution is -2.12. The molecule has 4 nitrogen and oxygen atoms in total. The molecule has 1 N–H and O–H groups in total. The fraction of sp³-hybridized carbons (Fsp3) is 0. The number of carbonyl (C=O) groups is 1. The Morgan fingerprint density at radius 3 is 2.43 bits per heavy atom. The summed E-state index contributed by atoms with van der Waals surface area (Å²) in [6.45, 7) is 0. The molecule has 0 bridgehead atoms. The van der Waals surface area contributed by atoms with Crippen molar-refractivity contribution in [1.82, 2.24) is 4.98 Å². The summed E-state index contributed by atoms with van der Waals surface area (Å²) in [5.74, 6) is 0.925. The van der Waals surface area contributed by atoms with E-state index in [4.69, 9.17) is 4.74 Å². The van der Waals surface area contributed by atoms with Crippen LogP contribution < -0.4 is 10.1 Å². The van der Waals surface area contributed by atoms with Crippen molar-refractivity contribution in [1.29, 1.82) is 0 Å². The molecule has 0 saturated heterocycles. The molecule has 1 amide bonds. The minimum Gasteiger partial charge on any atom is -0.457 e. The van der Waals surface area contributed by atoms with Crippen molar-refractivity contribution >= 4 is 45.0 Å². The molecule has 138 valence electrons. The van der Waals surface area contributed by atoms with Crippen molar-refractivity contribution in [2.24, 2.45) is 0 Å². The molecule has 1 heterocycles. The van der Waals surface area contributed by atoms with Gasteiger partial charge in [-0.2, -0.15) is 0 Å². The van der Waals surface area contributed by atoms with Crippen LogP contribution in [-0.4, -0.2) is 10.9 Å². The third kappa shape index (κ3) is 4.40. The van der Waals surface area contributed by atoms with Gasteiger partial charge >= 0.3 is 0 Å². The maximum Gasteiger partial charge on any atom is 0.261 e. The van der Waals surface area contributed by atoms with Crippen molar-refractivity contribution in [3.63, 3.8) is 0 Å². The third-order valence-corrected chi connectivity index (χ3v) is 5.44. The minimum atomic E-state index is -0.255. The largest absolute Gasteiger partial charge is 0.457 e. The summed E-state index contributed by atoms with van der Waals surface area (Å²) in [4.78, 5) is 17.3. The number of para-hydroxylation sites is 2. The Morgan fingerprint density at radius 1 is 0.929 bits per heavy atom. The molecule has 4 rings (SSSR count). The van der Waals surface area contributed by atoms with Crippen LogP contribution in [-0.2, 0) is 0 Å². The van der Waals surface area contributed by atoms with Crippen LogP contribution in [0.1, 0.15) is 10.4 Å². The zero-order valence-electron chi connectivity index (χ0n) is 14.6. The van der Waals surface area contributed by atoms with E-state index in [1.165, 1.54) is 14.9 Å². The van der Waals surface area contributed by atoms with Crippen molar-refractivity contribution in [3.05, 3.63) is 93.4 Å².